The molecule has 0 spiro atoms. The molecule has 3 aromatic rings. The van der Waals surface area contributed by atoms with Crippen molar-refractivity contribution in [3.8, 4) is 22.7 Å². The average molecular weight is 444 g/mol. The summed E-state index contributed by atoms with van der Waals surface area (Å²) in [5, 5.41) is 7.44. The number of sulfone groups is 1. The zero-order valence-corrected chi connectivity index (χ0v) is 17.9. The van der Waals surface area contributed by atoms with Crippen LogP contribution in [0.1, 0.15) is 23.7 Å². The molecule has 0 radical (unpaired) electrons. The lowest BCUT2D eigenvalue weighted by Gasteiger charge is -2.23. The first-order valence-corrected chi connectivity index (χ1v) is 11.5. The Morgan fingerprint density at radius 2 is 1.97 bits per heavy atom. The average Bonchev–Trinajstić information content (AvgIpc) is 3.29. The summed E-state index contributed by atoms with van der Waals surface area (Å²) < 4.78 is 44.0. The molecule has 4 rings (SSSR count). The first kappa shape index (κ1) is 21.0. The van der Waals surface area contributed by atoms with Gasteiger partial charge in [0, 0.05) is 11.8 Å². The number of ether oxygens (including phenoxy) is 1. The first-order chi connectivity index (χ1) is 14.7. The number of carbonyl (C=O) groups is 1. The fraction of sp³-hybridized carbons (Fsp3) is 0.273. The molecule has 9 heteroatoms. The van der Waals surface area contributed by atoms with Gasteiger partial charge in [0.25, 0.3) is 5.91 Å². The summed E-state index contributed by atoms with van der Waals surface area (Å²) in [5.41, 5.74) is 1.08. The van der Waals surface area contributed by atoms with E-state index in [4.69, 9.17) is 4.74 Å². The second-order valence-electron chi connectivity index (χ2n) is 7.90. The maximum atomic E-state index is 13.3. The van der Waals surface area contributed by atoms with E-state index in [0.29, 0.717) is 29.1 Å². The number of nitrogens with zero attached hydrogens (tertiary/aromatic N) is 2. The van der Waals surface area contributed by atoms with Crippen LogP contribution in [-0.2, 0) is 9.84 Å². The van der Waals surface area contributed by atoms with Gasteiger partial charge in [-0.1, -0.05) is 12.1 Å². The zero-order valence-electron chi connectivity index (χ0n) is 17.1. The van der Waals surface area contributed by atoms with Crippen molar-refractivity contribution in [3.63, 3.8) is 0 Å². The normalized spacial score (nSPS) is 19.8. The highest BCUT2D eigenvalue weighted by atomic mass is 32.2. The Bertz CT molecular complexity index is 1240. The zero-order chi connectivity index (χ0) is 22.2. The molecular weight excluding hydrogens is 421 g/mol. The summed E-state index contributed by atoms with van der Waals surface area (Å²) in [5.74, 6) is -0.259. The Balaban J connectivity index is 1.76. The van der Waals surface area contributed by atoms with E-state index in [-0.39, 0.29) is 22.9 Å². The van der Waals surface area contributed by atoms with Gasteiger partial charge in [0.2, 0.25) is 0 Å². The standard InChI is InChI=1S/C22H22FN3O4S/c1-22(10-11-31(28,29)14-22)24-21(27)19-13-26(17-8-6-16(23)7-9-17)25-20(19)15-4-3-5-18(12-15)30-2/h3-9,12-13H,10-11,14H2,1-2H3,(H,24,27)/t22-/m1/s1. The number of nitrogens with one attached hydrogen (secondary N) is 1. The van der Waals surface area contributed by atoms with Gasteiger partial charge in [0.1, 0.15) is 17.3 Å². The molecule has 0 bridgehead atoms. The quantitative estimate of drug-likeness (QED) is 0.655. The highest BCUT2D eigenvalue weighted by Gasteiger charge is 2.40. The van der Waals surface area contributed by atoms with E-state index >= 15 is 0 Å². The molecule has 1 aliphatic heterocycles. The second-order valence-corrected chi connectivity index (χ2v) is 10.1. The number of carbonyl (C=O) groups excluding carboxylic acids is 1. The molecule has 1 fully saturated rings. The van der Waals surface area contributed by atoms with E-state index in [1.54, 1.807) is 56.6 Å². The predicted octanol–water partition coefficient (Wildman–Crippen LogP) is 2.99. The van der Waals surface area contributed by atoms with Crippen molar-refractivity contribution >= 4 is 15.7 Å². The third kappa shape index (κ3) is 4.46. The Kier molecular flexibility index (Phi) is 5.30. The van der Waals surface area contributed by atoms with Crippen LogP contribution in [0.2, 0.25) is 0 Å². The van der Waals surface area contributed by atoms with Crippen molar-refractivity contribution < 1.29 is 22.3 Å². The van der Waals surface area contributed by atoms with Crippen LogP contribution in [-0.4, -0.2) is 48.3 Å². The molecule has 1 N–H and O–H groups in total. The Morgan fingerprint density at radius 1 is 1.23 bits per heavy atom. The molecule has 0 aliphatic carbocycles. The molecule has 0 unspecified atom stereocenters. The van der Waals surface area contributed by atoms with E-state index in [1.807, 2.05) is 0 Å². The lowest BCUT2D eigenvalue weighted by Crippen LogP contribution is -2.47. The number of benzene rings is 2. The minimum absolute atomic E-state index is 0.0430. The number of aromatic nitrogens is 2. The summed E-state index contributed by atoms with van der Waals surface area (Å²) in [7, 11) is -1.64. The highest BCUT2D eigenvalue weighted by Crippen LogP contribution is 2.29. The monoisotopic (exact) mass is 443 g/mol. The molecule has 2 heterocycles. The summed E-state index contributed by atoms with van der Waals surface area (Å²) >= 11 is 0. The van der Waals surface area contributed by atoms with Gasteiger partial charge in [-0.05, 0) is 49.7 Å². The van der Waals surface area contributed by atoms with Gasteiger partial charge >= 0.3 is 0 Å². The van der Waals surface area contributed by atoms with Crippen molar-refractivity contribution in [1.82, 2.24) is 15.1 Å². The summed E-state index contributed by atoms with van der Waals surface area (Å²) in [6, 6.07) is 12.9. The van der Waals surface area contributed by atoms with E-state index in [1.165, 1.54) is 16.8 Å². The second kappa shape index (κ2) is 7.81. The molecule has 1 aromatic heterocycles. The SMILES string of the molecule is COc1cccc(-c2nn(-c3ccc(F)cc3)cc2C(=O)N[C@]2(C)CCS(=O)(=O)C2)c1. The summed E-state index contributed by atoms with van der Waals surface area (Å²) in [4.78, 5) is 13.2. The van der Waals surface area contributed by atoms with Gasteiger partial charge in [-0.25, -0.2) is 17.5 Å². The van der Waals surface area contributed by atoms with Crippen molar-refractivity contribution in [1.29, 1.82) is 0 Å². The topological polar surface area (TPSA) is 90.3 Å². The van der Waals surface area contributed by atoms with Crippen LogP contribution in [0.25, 0.3) is 16.9 Å². The van der Waals surface area contributed by atoms with E-state index < -0.39 is 21.3 Å². The Hall–Kier alpha value is -3.20. The van der Waals surface area contributed by atoms with Crippen LogP contribution in [0.4, 0.5) is 4.39 Å². The third-order valence-corrected chi connectivity index (χ3v) is 7.21. The molecule has 2 aromatic carbocycles. The molecule has 7 nitrogen and oxygen atoms in total. The minimum Gasteiger partial charge on any atom is -0.497 e. The number of halogens is 1. The third-order valence-electron chi connectivity index (χ3n) is 5.31. The molecule has 0 saturated carbocycles. The maximum absolute atomic E-state index is 13.3. The predicted molar refractivity (Wildman–Crippen MR) is 115 cm³/mol. The molecule has 1 atom stereocenters. The van der Waals surface area contributed by atoms with Crippen LogP contribution < -0.4 is 10.1 Å². The van der Waals surface area contributed by atoms with Crippen molar-refractivity contribution in [2.24, 2.45) is 0 Å². The Morgan fingerprint density at radius 3 is 2.61 bits per heavy atom. The first-order valence-electron chi connectivity index (χ1n) is 9.71. The van der Waals surface area contributed by atoms with Crippen LogP contribution in [0.15, 0.2) is 54.7 Å². The molecule has 162 valence electrons. The fourth-order valence-electron chi connectivity index (χ4n) is 3.70. The molecular formula is C22H22FN3O4S. The van der Waals surface area contributed by atoms with Gasteiger partial charge in [0.05, 0.1) is 35.4 Å². The van der Waals surface area contributed by atoms with Crippen molar-refractivity contribution in [2.45, 2.75) is 18.9 Å². The van der Waals surface area contributed by atoms with Crippen LogP contribution in [0.5, 0.6) is 5.75 Å². The lowest BCUT2D eigenvalue weighted by atomic mass is 10.0. The van der Waals surface area contributed by atoms with E-state index in [9.17, 15) is 17.6 Å². The van der Waals surface area contributed by atoms with Gasteiger partial charge < -0.3 is 10.1 Å². The van der Waals surface area contributed by atoms with Gasteiger partial charge in [0.15, 0.2) is 9.84 Å². The maximum Gasteiger partial charge on any atom is 0.255 e. The minimum atomic E-state index is -3.18. The highest BCUT2D eigenvalue weighted by molar-refractivity contribution is 7.91. The van der Waals surface area contributed by atoms with E-state index in [0.717, 1.165) is 0 Å². The number of rotatable bonds is 5. The van der Waals surface area contributed by atoms with Gasteiger partial charge in [-0.15, -0.1) is 0 Å². The summed E-state index contributed by atoms with van der Waals surface area (Å²) in [6.45, 7) is 1.73. The number of hydrogen-bond acceptors (Lipinski definition) is 5. The Labute approximate surface area is 179 Å². The smallest absolute Gasteiger partial charge is 0.255 e. The largest absolute Gasteiger partial charge is 0.497 e. The molecule has 1 amide bonds. The fourth-order valence-corrected chi connectivity index (χ4v) is 5.79. The number of hydrogen-bond donors (Lipinski definition) is 1. The lowest BCUT2D eigenvalue weighted by molar-refractivity contribution is 0.0916. The molecule has 1 saturated heterocycles. The van der Waals surface area contributed by atoms with Crippen LogP contribution >= 0.6 is 0 Å². The van der Waals surface area contributed by atoms with Crippen molar-refractivity contribution in [3.05, 3.63) is 66.1 Å². The molecule has 1 aliphatic rings. The van der Waals surface area contributed by atoms with Crippen LogP contribution in [0, 0.1) is 5.82 Å². The van der Waals surface area contributed by atoms with Crippen molar-refractivity contribution in [2.75, 3.05) is 18.6 Å². The van der Waals surface area contributed by atoms with E-state index in [2.05, 4.69) is 10.4 Å². The van der Waals surface area contributed by atoms with Gasteiger partial charge in [-0.3, -0.25) is 4.79 Å². The number of methoxy groups -OCH3 is 1. The van der Waals surface area contributed by atoms with Gasteiger partial charge in [-0.2, -0.15) is 5.10 Å². The van der Waals surface area contributed by atoms with Crippen LogP contribution in [0.3, 0.4) is 0 Å². The summed E-state index contributed by atoms with van der Waals surface area (Å²) in [6.07, 6.45) is 1.91. The molecule has 31 heavy (non-hydrogen) atoms. The number of amides is 1.